The van der Waals surface area contributed by atoms with E-state index < -0.39 is 34.0 Å². The minimum atomic E-state index is -2.27. The molecule has 0 fully saturated rings. The van der Waals surface area contributed by atoms with Crippen molar-refractivity contribution in [2.24, 2.45) is 0 Å². The summed E-state index contributed by atoms with van der Waals surface area (Å²) < 4.78 is 24.8. The zero-order valence-electron chi connectivity index (χ0n) is 15.2. The highest BCUT2D eigenvalue weighted by atomic mass is 32.1. The van der Waals surface area contributed by atoms with Gasteiger partial charge in [0, 0.05) is 7.11 Å². The van der Waals surface area contributed by atoms with Crippen LogP contribution in [-0.2, 0) is 16.8 Å². The molecule has 0 N–H and O–H groups in total. The molecule has 128 valence electrons. The average molecular weight is 387 g/mol. The van der Waals surface area contributed by atoms with Crippen molar-refractivity contribution in [2.45, 2.75) is 64.8 Å². The summed E-state index contributed by atoms with van der Waals surface area (Å²) in [5, 5.41) is 0. The van der Waals surface area contributed by atoms with Gasteiger partial charge in [-0.15, -0.1) is 0 Å². The lowest BCUT2D eigenvalue weighted by Gasteiger charge is -2.40. The minimum Gasteiger partial charge on any atom is -0.437 e. The third kappa shape index (κ3) is 10.4. The normalized spacial score (nSPS) is 16.9. The molecule has 9 heteroatoms. The summed E-state index contributed by atoms with van der Waals surface area (Å²) in [7, 11) is -6.47. The molecular formula is C12H34O4SSi4. The zero-order valence-corrected chi connectivity index (χ0v) is 20.1. The second kappa shape index (κ2) is 8.24. The van der Waals surface area contributed by atoms with Crippen LogP contribution in [0.25, 0.3) is 0 Å². The number of thiol groups is 1. The lowest BCUT2D eigenvalue weighted by molar-refractivity contribution is 0.259. The maximum absolute atomic E-state index is 6.40. The first-order chi connectivity index (χ1) is 9.24. The molecule has 0 aromatic heterocycles. The fourth-order valence-corrected chi connectivity index (χ4v) is 20.6. The Morgan fingerprint density at radius 2 is 1.24 bits per heavy atom. The van der Waals surface area contributed by atoms with E-state index in [4.69, 9.17) is 16.8 Å². The highest BCUT2D eigenvalue weighted by Crippen LogP contribution is 2.26. The summed E-state index contributed by atoms with van der Waals surface area (Å²) in [6.07, 6.45) is 1.01. The van der Waals surface area contributed by atoms with Crippen LogP contribution in [-0.4, -0.2) is 46.9 Å². The monoisotopic (exact) mass is 386 g/mol. The first-order valence-electron chi connectivity index (χ1n) is 7.51. The van der Waals surface area contributed by atoms with Crippen LogP contribution in [0.5, 0.6) is 0 Å². The molecule has 0 aliphatic rings. The highest BCUT2D eigenvalue weighted by molar-refractivity contribution is 7.80. The van der Waals surface area contributed by atoms with Crippen LogP contribution in [0.15, 0.2) is 0 Å². The van der Waals surface area contributed by atoms with Gasteiger partial charge in [-0.25, -0.2) is 0 Å². The van der Waals surface area contributed by atoms with Crippen LogP contribution in [0, 0.1) is 0 Å². The van der Waals surface area contributed by atoms with Crippen LogP contribution in [0.2, 0.25) is 58.4 Å². The Morgan fingerprint density at radius 1 is 0.762 bits per heavy atom. The molecule has 0 aromatic rings. The Morgan fingerprint density at radius 3 is 1.62 bits per heavy atom. The second-order valence-electron chi connectivity index (χ2n) is 7.38. The van der Waals surface area contributed by atoms with Gasteiger partial charge >= 0.3 is 25.7 Å². The number of hydrogen-bond donors (Lipinski definition) is 1. The third-order valence-electron chi connectivity index (χ3n) is 2.73. The smallest absolute Gasteiger partial charge is 0.325 e. The van der Waals surface area contributed by atoms with Gasteiger partial charge in [-0.2, -0.15) is 12.6 Å². The second-order valence-corrected chi connectivity index (χ2v) is 23.3. The average Bonchev–Trinajstić information content (AvgIpc) is 2.20. The summed E-state index contributed by atoms with van der Waals surface area (Å²) in [4.78, 5) is 0. The Kier molecular flexibility index (Phi) is 8.66. The molecule has 0 amide bonds. The Balaban J connectivity index is 4.80. The topological polar surface area (TPSA) is 36.9 Å². The third-order valence-corrected chi connectivity index (χ3v) is 17.2. The molecule has 0 bridgehead atoms. The van der Waals surface area contributed by atoms with E-state index in [0.717, 1.165) is 18.2 Å². The number of hydrogen-bond acceptors (Lipinski definition) is 5. The molecule has 0 heterocycles. The van der Waals surface area contributed by atoms with Crippen molar-refractivity contribution in [3.8, 4) is 0 Å². The van der Waals surface area contributed by atoms with E-state index >= 15 is 0 Å². The molecule has 0 radical (unpaired) electrons. The van der Waals surface area contributed by atoms with Gasteiger partial charge in [-0.1, -0.05) is 0 Å². The van der Waals surface area contributed by atoms with E-state index in [1.54, 1.807) is 7.11 Å². The highest BCUT2D eigenvalue weighted by Gasteiger charge is 2.44. The Hall–Kier alpha value is 1.06. The predicted octanol–water partition coefficient (Wildman–Crippen LogP) is 4.31. The van der Waals surface area contributed by atoms with E-state index in [-0.39, 0.29) is 0 Å². The number of rotatable bonds is 10. The largest absolute Gasteiger partial charge is 0.437 e. The van der Waals surface area contributed by atoms with Crippen molar-refractivity contribution < 1.29 is 16.8 Å². The predicted molar refractivity (Wildman–Crippen MR) is 103 cm³/mol. The van der Waals surface area contributed by atoms with Gasteiger partial charge in [0.25, 0.3) is 0 Å². The quantitative estimate of drug-likeness (QED) is 0.448. The van der Waals surface area contributed by atoms with Crippen molar-refractivity contribution in [1.82, 2.24) is 0 Å². The van der Waals surface area contributed by atoms with Gasteiger partial charge in [-0.05, 0) is 70.6 Å². The fourth-order valence-electron chi connectivity index (χ4n) is 2.49. The standard InChI is InChI=1S/C12H34O4SSi4/c1-13-21(9,12-10-11-17)16-20(7,8)15-19(5,6)14-18(2,3)4/h17H,10-12H2,1-9H3. The lowest BCUT2D eigenvalue weighted by Crippen LogP contribution is -2.57. The van der Waals surface area contributed by atoms with Crippen LogP contribution in [0.3, 0.4) is 0 Å². The first kappa shape index (κ1) is 22.1. The summed E-state index contributed by atoms with van der Waals surface area (Å²) in [6.45, 7) is 17.1. The molecule has 21 heavy (non-hydrogen) atoms. The van der Waals surface area contributed by atoms with Crippen molar-refractivity contribution in [1.29, 1.82) is 0 Å². The lowest BCUT2D eigenvalue weighted by atomic mass is 10.6. The van der Waals surface area contributed by atoms with Crippen molar-refractivity contribution >= 4 is 46.6 Å². The molecule has 0 saturated heterocycles. The van der Waals surface area contributed by atoms with Crippen molar-refractivity contribution in [3.05, 3.63) is 0 Å². The molecule has 0 spiro atoms. The molecule has 1 unspecified atom stereocenters. The van der Waals surface area contributed by atoms with Gasteiger partial charge in [-0.3, -0.25) is 0 Å². The van der Waals surface area contributed by atoms with E-state index in [9.17, 15) is 0 Å². The molecule has 0 saturated carbocycles. The molecular weight excluding hydrogens is 353 g/mol. The van der Waals surface area contributed by atoms with Crippen LogP contribution in [0.1, 0.15) is 6.42 Å². The van der Waals surface area contributed by atoms with E-state index in [1.807, 2.05) is 0 Å². The van der Waals surface area contributed by atoms with Gasteiger partial charge in [0.1, 0.15) is 0 Å². The first-order valence-corrected chi connectivity index (χ1v) is 19.7. The maximum atomic E-state index is 6.40. The SMILES string of the molecule is CO[Si](C)(CCCS)O[Si](C)(C)O[Si](C)(C)O[Si](C)(C)C. The van der Waals surface area contributed by atoms with Crippen LogP contribution < -0.4 is 0 Å². The van der Waals surface area contributed by atoms with Crippen molar-refractivity contribution in [2.75, 3.05) is 12.9 Å². The molecule has 1 atom stereocenters. The van der Waals surface area contributed by atoms with Crippen LogP contribution in [0.4, 0.5) is 0 Å². The zero-order chi connectivity index (χ0) is 16.9. The van der Waals surface area contributed by atoms with Crippen LogP contribution >= 0.6 is 12.6 Å². The molecule has 0 aromatic carbocycles. The fraction of sp³-hybridized carbons (Fsp3) is 1.00. The van der Waals surface area contributed by atoms with Gasteiger partial charge < -0.3 is 16.8 Å². The molecule has 0 aliphatic heterocycles. The summed E-state index contributed by atoms with van der Waals surface area (Å²) in [6, 6.07) is 0.948. The molecule has 4 nitrogen and oxygen atoms in total. The summed E-state index contributed by atoms with van der Waals surface area (Å²) in [5.41, 5.74) is 0. The molecule has 0 rings (SSSR count). The van der Waals surface area contributed by atoms with E-state index in [2.05, 4.69) is 65.0 Å². The maximum Gasteiger partial charge on any atom is 0.325 e. The van der Waals surface area contributed by atoms with E-state index in [0.29, 0.717) is 0 Å². The van der Waals surface area contributed by atoms with Gasteiger partial charge in [0.05, 0.1) is 0 Å². The van der Waals surface area contributed by atoms with Crippen molar-refractivity contribution in [3.63, 3.8) is 0 Å². The van der Waals surface area contributed by atoms with Gasteiger partial charge in [0.15, 0.2) is 8.32 Å². The minimum absolute atomic E-state index is 0.858. The summed E-state index contributed by atoms with van der Waals surface area (Å²) >= 11 is 4.28. The van der Waals surface area contributed by atoms with Gasteiger partial charge in [0.2, 0.25) is 0 Å². The Labute approximate surface area is 141 Å². The Bertz CT molecular complexity index is 323. The summed E-state index contributed by atoms with van der Waals surface area (Å²) in [5.74, 6) is 0.858. The van der Waals surface area contributed by atoms with E-state index in [1.165, 1.54) is 0 Å². The molecule has 0 aliphatic carbocycles.